The van der Waals surface area contributed by atoms with Crippen molar-refractivity contribution in [3.05, 3.63) is 35.4 Å². The van der Waals surface area contributed by atoms with Crippen LogP contribution in [0.2, 0.25) is 0 Å². The van der Waals surface area contributed by atoms with E-state index in [1.165, 1.54) is 11.1 Å². The zero-order chi connectivity index (χ0) is 15.8. The normalized spacial score (nSPS) is 16.9. The molecular weight excluding hydrogens is 312 g/mol. The van der Waals surface area contributed by atoms with Gasteiger partial charge in [-0.15, -0.1) is 12.4 Å². The molecule has 1 fully saturated rings. The molecule has 0 spiro atoms. The van der Waals surface area contributed by atoms with Crippen LogP contribution in [0.1, 0.15) is 30.4 Å². The van der Waals surface area contributed by atoms with Crippen LogP contribution < -0.4 is 5.32 Å². The highest BCUT2D eigenvalue weighted by Gasteiger charge is 2.22. The van der Waals surface area contributed by atoms with E-state index in [1.807, 2.05) is 11.9 Å². The Morgan fingerprint density at radius 1 is 1.35 bits per heavy atom. The number of carbonyl (C=O) groups excluding carboxylic acids is 1. The summed E-state index contributed by atoms with van der Waals surface area (Å²) in [5.74, 6) is 0.219. The van der Waals surface area contributed by atoms with Gasteiger partial charge in [0.15, 0.2) is 0 Å². The van der Waals surface area contributed by atoms with Crippen molar-refractivity contribution in [2.75, 3.05) is 33.3 Å². The van der Waals surface area contributed by atoms with Crippen LogP contribution in [0.15, 0.2) is 24.3 Å². The average molecular weight is 341 g/mol. The monoisotopic (exact) mass is 340 g/mol. The molecule has 1 unspecified atom stereocenters. The number of nitrogens with zero attached hydrogens (tertiary/aromatic N) is 1. The van der Waals surface area contributed by atoms with E-state index >= 15 is 0 Å². The molecule has 1 N–H and O–H groups in total. The molecule has 1 aliphatic heterocycles. The van der Waals surface area contributed by atoms with Gasteiger partial charge in [-0.25, -0.2) is 0 Å². The Morgan fingerprint density at radius 2 is 2.09 bits per heavy atom. The number of rotatable bonds is 8. The smallest absolute Gasteiger partial charge is 0.223 e. The van der Waals surface area contributed by atoms with Gasteiger partial charge in [-0.05, 0) is 38.8 Å². The Morgan fingerprint density at radius 3 is 2.70 bits per heavy atom. The Balaban J connectivity index is 0.00000264. The molecule has 23 heavy (non-hydrogen) atoms. The molecule has 0 bridgehead atoms. The van der Waals surface area contributed by atoms with Gasteiger partial charge in [-0.2, -0.15) is 0 Å². The number of ether oxygens (including phenoxy) is 1. The molecule has 0 radical (unpaired) electrons. The third-order valence-corrected chi connectivity index (χ3v) is 4.18. The van der Waals surface area contributed by atoms with Crippen molar-refractivity contribution in [3.63, 3.8) is 0 Å². The number of halogens is 1. The molecule has 0 aliphatic carbocycles. The molecule has 1 aromatic rings. The highest BCUT2D eigenvalue weighted by atomic mass is 35.5. The number of hydrogen-bond donors (Lipinski definition) is 1. The molecule has 1 saturated heterocycles. The predicted molar refractivity (Wildman–Crippen MR) is 96.2 cm³/mol. The van der Waals surface area contributed by atoms with Crippen molar-refractivity contribution in [2.45, 2.75) is 38.7 Å². The van der Waals surface area contributed by atoms with Crippen LogP contribution in [0.25, 0.3) is 0 Å². The van der Waals surface area contributed by atoms with Crippen LogP contribution in [0, 0.1) is 6.92 Å². The first-order valence-corrected chi connectivity index (χ1v) is 8.28. The lowest BCUT2D eigenvalue weighted by Gasteiger charge is -2.25. The van der Waals surface area contributed by atoms with Crippen molar-refractivity contribution >= 4 is 18.3 Å². The second-order valence-corrected chi connectivity index (χ2v) is 6.06. The molecule has 0 saturated carbocycles. The Labute approximate surface area is 146 Å². The second kappa shape index (κ2) is 10.6. The van der Waals surface area contributed by atoms with Gasteiger partial charge in [0.25, 0.3) is 0 Å². The SMILES string of the molecule is CNCCC(=O)N(CCc1ccc(C)cc1)CC1CCCO1.Cl. The minimum Gasteiger partial charge on any atom is -0.376 e. The van der Waals surface area contributed by atoms with E-state index in [4.69, 9.17) is 4.74 Å². The van der Waals surface area contributed by atoms with Crippen LogP contribution in [-0.4, -0.2) is 50.2 Å². The van der Waals surface area contributed by atoms with Gasteiger partial charge in [-0.1, -0.05) is 29.8 Å². The molecule has 4 nitrogen and oxygen atoms in total. The summed E-state index contributed by atoms with van der Waals surface area (Å²) in [6, 6.07) is 8.56. The first-order valence-electron chi connectivity index (χ1n) is 8.28. The van der Waals surface area contributed by atoms with Crippen LogP contribution in [-0.2, 0) is 16.0 Å². The number of aryl methyl sites for hydroxylation is 1. The quantitative estimate of drug-likeness (QED) is 0.790. The highest BCUT2D eigenvalue weighted by molar-refractivity contribution is 5.85. The van der Waals surface area contributed by atoms with E-state index in [0.29, 0.717) is 6.42 Å². The van der Waals surface area contributed by atoms with Crippen molar-refractivity contribution in [1.29, 1.82) is 0 Å². The fraction of sp³-hybridized carbons (Fsp3) is 0.611. The van der Waals surface area contributed by atoms with E-state index < -0.39 is 0 Å². The first-order chi connectivity index (χ1) is 10.7. The van der Waals surface area contributed by atoms with E-state index in [-0.39, 0.29) is 24.4 Å². The lowest BCUT2D eigenvalue weighted by molar-refractivity contribution is -0.132. The second-order valence-electron chi connectivity index (χ2n) is 6.06. The van der Waals surface area contributed by atoms with Crippen molar-refractivity contribution in [3.8, 4) is 0 Å². The summed E-state index contributed by atoms with van der Waals surface area (Å²) in [6.45, 7) is 5.15. The zero-order valence-electron chi connectivity index (χ0n) is 14.2. The van der Waals surface area contributed by atoms with Crippen LogP contribution in [0.3, 0.4) is 0 Å². The molecule has 2 rings (SSSR count). The molecular formula is C18H29ClN2O2. The predicted octanol–water partition coefficient (Wildman–Crippen LogP) is 2.58. The van der Waals surface area contributed by atoms with Gasteiger partial charge >= 0.3 is 0 Å². The van der Waals surface area contributed by atoms with Crippen molar-refractivity contribution < 1.29 is 9.53 Å². The molecule has 5 heteroatoms. The average Bonchev–Trinajstić information content (AvgIpc) is 3.03. The third-order valence-electron chi connectivity index (χ3n) is 4.18. The van der Waals surface area contributed by atoms with Gasteiger partial charge in [-0.3, -0.25) is 4.79 Å². The van der Waals surface area contributed by atoms with E-state index in [0.717, 1.165) is 45.5 Å². The van der Waals surface area contributed by atoms with Gasteiger partial charge < -0.3 is 15.0 Å². The van der Waals surface area contributed by atoms with Crippen molar-refractivity contribution in [2.24, 2.45) is 0 Å². The van der Waals surface area contributed by atoms with E-state index in [1.54, 1.807) is 0 Å². The van der Waals surface area contributed by atoms with Crippen LogP contribution >= 0.6 is 12.4 Å². The van der Waals surface area contributed by atoms with Gasteiger partial charge in [0.05, 0.1) is 6.10 Å². The zero-order valence-corrected chi connectivity index (χ0v) is 15.0. The minimum atomic E-state index is 0. The molecule has 1 heterocycles. The summed E-state index contributed by atoms with van der Waals surface area (Å²) in [5.41, 5.74) is 2.55. The fourth-order valence-corrected chi connectivity index (χ4v) is 2.76. The van der Waals surface area contributed by atoms with Crippen LogP contribution in [0.4, 0.5) is 0 Å². The van der Waals surface area contributed by atoms with E-state index in [2.05, 4.69) is 36.5 Å². The highest BCUT2D eigenvalue weighted by Crippen LogP contribution is 2.14. The maximum Gasteiger partial charge on any atom is 0.223 e. The number of hydrogen-bond acceptors (Lipinski definition) is 3. The summed E-state index contributed by atoms with van der Waals surface area (Å²) in [6.07, 6.45) is 3.85. The Bertz CT molecular complexity index is 459. The molecule has 1 aromatic carbocycles. The summed E-state index contributed by atoms with van der Waals surface area (Å²) < 4.78 is 5.70. The molecule has 1 amide bonds. The number of amides is 1. The summed E-state index contributed by atoms with van der Waals surface area (Å²) in [5, 5.41) is 3.05. The van der Waals surface area contributed by atoms with Gasteiger partial charge in [0, 0.05) is 32.7 Å². The van der Waals surface area contributed by atoms with E-state index in [9.17, 15) is 4.79 Å². The lowest BCUT2D eigenvalue weighted by atomic mass is 10.1. The maximum atomic E-state index is 12.4. The topological polar surface area (TPSA) is 41.6 Å². The Kier molecular flexibility index (Phi) is 9.22. The number of nitrogens with one attached hydrogen (secondary N) is 1. The van der Waals surface area contributed by atoms with Gasteiger partial charge in [0.2, 0.25) is 5.91 Å². The summed E-state index contributed by atoms with van der Waals surface area (Å²) in [7, 11) is 1.88. The lowest BCUT2D eigenvalue weighted by Crippen LogP contribution is -2.39. The van der Waals surface area contributed by atoms with Gasteiger partial charge in [0.1, 0.15) is 0 Å². The number of carbonyl (C=O) groups is 1. The van der Waals surface area contributed by atoms with Crippen molar-refractivity contribution in [1.82, 2.24) is 10.2 Å². The molecule has 1 atom stereocenters. The summed E-state index contributed by atoms with van der Waals surface area (Å²) >= 11 is 0. The molecule has 130 valence electrons. The molecule has 0 aromatic heterocycles. The fourth-order valence-electron chi connectivity index (χ4n) is 2.76. The third kappa shape index (κ3) is 6.90. The molecule has 1 aliphatic rings. The minimum absolute atomic E-state index is 0. The Hall–Kier alpha value is -1.10. The maximum absolute atomic E-state index is 12.4. The standard InChI is InChI=1S/C18H28N2O2.ClH/c1-15-5-7-16(8-6-15)10-12-20(18(21)9-11-19-2)14-17-4-3-13-22-17;/h5-8,17,19H,3-4,9-14H2,1-2H3;1H. The largest absolute Gasteiger partial charge is 0.376 e. The number of benzene rings is 1. The van der Waals surface area contributed by atoms with Crippen LogP contribution in [0.5, 0.6) is 0 Å². The summed E-state index contributed by atoms with van der Waals surface area (Å²) in [4.78, 5) is 14.4. The first kappa shape index (κ1) is 19.9.